The SMILES string of the molecule is C[C@@H](Sc1nc(C2CC2)n(-c2ccccc2)n1)c1nc(C(C)(C)C)no1. The molecule has 7 heteroatoms. The first-order chi connectivity index (χ1) is 12.4. The Morgan fingerprint density at radius 3 is 2.50 bits per heavy atom. The Labute approximate surface area is 157 Å². The first kappa shape index (κ1) is 17.3. The van der Waals surface area contributed by atoms with Crippen LogP contribution in [-0.2, 0) is 5.41 Å². The molecular weight excluding hydrogens is 346 g/mol. The Hall–Kier alpha value is -2.15. The lowest BCUT2D eigenvalue weighted by Gasteiger charge is -2.11. The Morgan fingerprint density at radius 1 is 1.15 bits per heavy atom. The summed E-state index contributed by atoms with van der Waals surface area (Å²) >= 11 is 1.56. The minimum absolute atomic E-state index is 0.00252. The number of rotatable bonds is 5. The van der Waals surface area contributed by atoms with Gasteiger partial charge in [0.25, 0.3) is 0 Å². The molecule has 1 aliphatic rings. The highest BCUT2D eigenvalue weighted by Gasteiger charge is 2.31. The van der Waals surface area contributed by atoms with Gasteiger partial charge in [0.2, 0.25) is 11.0 Å². The second-order valence-electron chi connectivity index (χ2n) is 7.74. The van der Waals surface area contributed by atoms with Crippen molar-refractivity contribution in [3.63, 3.8) is 0 Å². The number of hydrogen-bond acceptors (Lipinski definition) is 6. The molecule has 0 amide bonds. The maximum atomic E-state index is 5.46. The zero-order chi connectivity index (χ0) is 18.3. The molecule has 2 aromatic heterocycles. The Balaban J connectivity index is 1.58. The lowest BCUT2D eigenvalue weighted by Crippen LogP contribution is -2.13. The molecule has 136 valence electrons. The predicted molar refractivity (Wildman–Crippen MR) is 101 cm³/mol. The Kier molecular flexibility index (Phi) is 4.34. The second-order valence-corrected chi connectivity index (χ2v) is 9.05. The molecule has 1 fully saturated rings. The highest BCUT2D eigenvalue weighted by molar-refractivity contribution is 7.99. The van der Waals surface area contributed by atoms with Crippen LogP contribution in [0.2, 0.25) is 0 Å². The van der Waals surface area contributed by atoms with Gasteiger partial charge in [0.05, 0.1) is 10.9 Å². The monoisotopic (exact) mass is 369 g/mol. The average molecular weight is 369 g/mol. The number of para-hydroxylation sites is 1. The van der Waals surface area contributed by atoms with Crippen LogP contribution in [0.15, 0.2) is 40.0 Å². The molecule has 2 heterocycles. The largest absolute Gasteiger partial charge is 0.338 e. The Bertz CT molecular complexity index is 892. The van der Waals surface area contributed by atoms with Gasteiger partial charge in [-0.1, -0.05) is 55.9 Å². The molecule has 1 aromatic carbocycles. The minimum atomic E-state index is -0.127. The third kappa shape index (κ3) is 3.53. The van der Waals surface area contributed by atoms with E-state index in [1.54, 1.807) is 11.8 Å². The van der Waals surface area contributed by atoms with Gasteiger partial charge < -0.3 is 4.52 Å². The molecule has 26 heavy (non-hydrogen) atoms. The molecule has 0 saturated heterocycles. The van der Waals surface area contributed by atoms with E-state index in [9.17, 15) is 0 Å². The molecule has 1 aliphatic carbocycles. The van der Waals surface area contributed by atoms with E-state index in [1.807, 2.05) is 29.8 Å². The molecule has 0 unspecified atom stereocenters. The van der Waals surface area contributed by atoms with Crippen LogP contribution in [0.4, 0.5) is 0 Å². The first-order valence-corrected chi connectivity index (χ1v) is 9.83. The van der Waals surface area contributed by atoms with Crippen molar-refractivity contribution in [1.29, 1.82) is 0 Å². The predicted octanol–water partition coefficient (Wildman–Crippen LogP) is 4.68. The third-order valence-electron chi connectivity index (χ3n) is 4.30. The highest BCUT2D eigenvalue weighted by atomic mass is 32.2. The molecule has 0 aliphatic heterocycles. The average Bonchev–Trinajstić information content (AvgIpc) is 3.16. The fourth-order valence-electron chi connectivity index (χ4n) is 2.63. The van der Waals surface area contributed by atoms with E-state index in [1.165, 1.54) is 12.8 Å². The molecule has 0 bridgehead atoms. The normalized spacial score (nSPS) is 16.0. The van der Waals surface area contributed by atoms with Crippen molar-refractivity contribution in [3.8, 4) is 5.69 Å². The molecule has 0 spiro atoms. The van der Waals surface area contributed by atoms with Gasteiger partial charge in [0, 0.05) is 11.3 Å². The number of aromatic nitrogens is 5. The molecule has 1 saturated carbocycles. The van der Waals surface area contributed by atoms with Crippen LogP contribution in [-0.4, -0.2) is 24.9 Å². The van der Waals surface area contributed by atoms with Gasteiger partial charge in [-0.2, -0.15) is 4.98 Å². The zero-order valence-electron chi connectivity index (χ0n) is 15.5. The summed E-state index contributed by atoms with van der Waals surface area (Å²) in [6, 6.07) is 10.2. The summed E-state index contributed by atoms with van der Waals surface area (Å²) in [6.45, 7) is 8.27. The fraction of sp³-hybridized carbons (Fsp3) is 0.474. The smallest absolute Gasteiger partial charge is 0.239 e. The van der Waals surface area contributed by atoms with Crippen molar-refractivity contribution >= 4 is 11.8 Å². The van der Waals surface area contributed by atoms with Crippen molar-refractivity contribution < 1.29 is 4.52 Å². The number of thioether (sulfide) groups is 1. The fourth-order valence-corrected chi connectivity index (χ4v) is 3.42. The van der Waals surface area contributed by atoms with E-state index in [0.717, 1.165) is 22.5 Å². The summed E-state index contributed by atoms with van der Waals surface area (Å²) in [5, 5.41) is 9.60. The number of benzene rings is 1. The van der Waals surface area contributed by atoms with E-state index in [-0.39, 0.29) is 10.7 Å². The summed E-state index contributed by atoms with van der Waals surface area (Å²) in [5.74, 6) is 2.90. The summed E-state index contributed by atoms with van der Waals surface area (Å²) in [6.07, 6.45) is 2.37. The molecule has 1 atom stereocenters. The Morgan fingerprint density at radius 2 is 1.88 bits per heavy atom. The lowest BCUT2D eigenvalue weighted by molar-refractivity contribution is 0.364. The van der Waals surface area contributed by atoms with Crippen molar-refractivity contribution in [3.05, 3.63) is 47.9 Å². The van der Waals surface area contributed by atoms with Crippen LogP contribution in [0.1, 0.15) is 69.2 Å². The van der Waals surface area contributed by atoms with Crippen molar-refractivity contribution in [1.82, 2.24) is 24.9 Å². The number of hydrogen-bond donors (Lipinski definition) is 0. The van der Waals surface area contributed by atoms with Gasteiger partial charge in [0.1, 0.15) is 5.82 Å². The van der Waals surface area contributed by atoms with Crippen LogP contribution >= 0.6 is 11.8 Å². The summed E-state index contributed by atoms with van der Waals surface area (Å²) in [4.78, 5) is 9.35. The minimum Gasteiger partial charge on any atom is -0.338 e. The van der Waals surface area contributed by atoms with Crippen molar-refractivity contribution in [2.24, 2.45) is 0 Å². The molecule has 0 N–H and O–H groups in total. The van der Waals surface area contributed by atoms with Gasteiger partial charge in [-0.25, -0.2) is 9.67 Å². The van der Waals surface area contributed by atoms with Gasteiger partial charge in [0.15, 0.2) is 5.82 Å². The lowest BCUT2D eigenvalue weighted by atomic mass is 9.96. The van der Waals surface area contributed by atoms with Crippen molar-refractivity contribution in [2.45, 2.75) is 62.3 Å². The summed E-state index contributed by atoms with van der Waals surface area (Å²) in [5.41, 5.74) is 0.924. The number of nitrogens with zero attached hydrogens (tertiary/aromatic N) is 5. The standard InChI is InChI=1S/C19H23N5OS/c1-12(16-21-17(23-25-16)19(2,3)4)26-18-20-15(13-10-11-13)24(22-18)14-8-6-5-7-9-14/h5-9,12-13H,10-11H2,1-4H3/t12-/m1/s1. The molecular formula is C19H23N5OS. The van der Waals surface area contributed by atoms with Gasteiger partial charge in [-0.05, 0) is 31.9 Å². The maximum absolute atomic E-state index is 5.46. The second kappa shape index (κ2) is 6.54. The molecule has 3 aromatic rings. The third-order valence-corrected chi connectivity index (χ3v) is 5.24. The van der Waals surface area contributed by atoms with E-state index in [0.29, 0.717) is 11.8 Å². The van der Waals surface area contributed by atoms with Crippen LogP contribution in [0.5, 0.6) is 0 Å². The highest BCUT2D eigenvalue weighted by Crippen LogP contribution is 2.41. The van der Waals surface area contributed by atoms with E-state index < -0.39 is 0 Å². The van der Waals surface area contributed by atoms with E-state index in [4.69, 9.17) is 14.6 Å². The summed E-state index contributed by atoms with van der Waals surface area (Å²) in [7, 11) is 0. The zero-order valence-corrected chi connectivity index (χ0v) is 16.3. The van der Waals surface area contributed by atoms with E-state index >= 15 is 0 Å². The van der Waals surface area contributed by atoms with Crippen molar-refractivity contribution in [2.75, 3.05) is 0 Å². The van der Waals surface area contributed by atoms with Crippen LogP contribution in [0, 0.1) is 0 Å². The van der Waals surface area contributed by atoms with Crippen LogP contribution in [0.3, 0.4) is 0 Å². The molecule has 4 rings (SSSR count). The molecule has 0 radical (unpaired) electrons. The quantitative estimate of drug-likeness (QED) is 0.608. The maximum Gasteiger partial charge on any atom is 0.239 e. The van der Waals surface area contributed by atoms with Gasteiger partial charge in [-0.3, -0.25) is 0 Å². The van der Waals surface area contributed by atoms with Crippen LogP contribution < -0.4 is 0 Å². The first-order valence-electron chi connectivity index (χ1n) is 8.95. The molecule has 6 nitrogen and oxygen atoms in total. The van der Waals surface area contributed by atoms with Gasteiger partial charge >= 0.3 is 0 Å². The topological polar surface area (TPSA) is 69.6 Å². The van der Waals surface area contributed by atoms with E-state index in [2.05, 4.69) is 43.0 Å². The summed E-state index contributed by atoms with van der Waals surface area (Å²) < 4.78 is 7.44. The van der Waals surface area contributed by atoms with Crippen LogP contribution in [0.25, 0.3) is 5.69 Å². The van der Waals surface area contributed by atoms with Gasteiger partial charge in [-0.15, -0.1) is 5.10 Å².